The minimum Gasteiger partial charge on any atom is -0.484 e. The molecule has 2 aromatic heterocycles. The Morgan fingerprint density at radius 2 is 2.25 bits per heavy atom. The Kier molecular flexibility index (Phi) is 3.36. The van der Waals surface area contributed by atoms with Crippen LogP contribution in [-0.4, -0.2) is 19.7 Å². The summed E-state index contributed by atoms with van der Waals surface area (Å²) in [5, 5.41) is 4.50. The number of halogens is 1. The van der Waals surface area contributed by atoms with Gasteiger partial charge >= 0.3 is 0 Å². The second kappa shape index (κ2) is 4.94. The molecule has 2 aromatic rings. The zero-order valence-corrected chi connectivity index (χ0v) is 9.55. The topological polar surface area (TPSA) is 52.8 Å². The van der Waals surface area contributed by atoms with Crippen LogP contribution >= 0.6 is 11.6 Å². The van der Waals surface area contributed by atoms with Crippen molar-refractivity contribution in [1.82, 2.24) is 19.7 Å². The smallest absolute Gasteiger partial charge is 0.164 e. The maximum absolute atomic E-state index is 5.67. The summed E-state index contributed by atoms with van der Waals surface area (Å²) >= 11 is 5.67. The Morgan fingerprint density at radius 3 is 2.94 bits per heavy atom. The second-order valence-corrected chi connectivity index (χ2v) is 3.48. The molecule has 2 rings (SSSR count). The van der Waals surface area contributed by atoms with Crippen LogP contribution in [-0.2, 0) is 13.2 Å². The van der Waals surface area contributed by atoms with E-state index in [4.69, 9.17) is 16.3 Å². The van der Waals surface area contributed by atoms with E-state index < -0.39 is 0 Å². The molecule has 6 heteroatoms. The van der Waals surface area contributed by atoms with Crippen LogP contribution < -0.4 is 4.74 Å². The molecule has 0 saturated heterocycles. The molecule has 0 atom stereocenters. The molecule has 84 valence electrons. The van der Waals surface area contributed by atoms with Crippen LogP contribution in [0.15, 0.2) is 24.7 Å². The SMILES string of the molecule is CCn1ncnc1COc1ccc(Cl)nc1. The molecular formula is C10H11ClN4O. The normalized spacial score (nSPS) is 10.4. The van der Waals surface area contributed by atoms with Crippen molar-refractivity contribution in [2.75, 3.05) is 0 Å². The maximum atomic E-state index is 5.67. The van der Waals surface area contributed by atoms with Crippen molar-refractivity contribution in [3.05, 3.63) is 35.6 Å². The molecule has 0 bridgehead atoms. The summed E-state index contributed by atoms with van der Waals surface area (Å²) in [6.45, 7) is 3.15. The fraction of sp³-hybridized carbons (Fsp3) is 0.300. The Morgan fingerprint density at radius 1 is 1.38 bits per heavy atom. The van der Waals surface area contributed by atoms with E-state index in [1.54, 1.807) is 23.0 Å². The van der Waals surface area contributed by atoms with E-state index in [0.29, 0.717) is 17.5 Å². The van der Waals surface area contributed by atoms with Crippen molar-refractivity contribution in [2.45, 2.75) is 20.1 Å². The van der Waals surface area contributed by atoms with Crippen LogP contribution in [0.4, 0.5) is 0 Å². The van der Waals surface area contributed by atoms with E-state index in [-0.39, 0.29) is 0 Å². The maximum Gasteiger partial charge on any atom is 0.164 e. The number of nitrogens with zero attached hydrogens (tertiary/aromatic N) is 4. The van der Waals surface area contributed by atoms with Gasteiger partial charge in [0, 0.05) is 6.54 Å². The van der Waals surface area contributed by atoms with E-state index in [1.165, 1.54) is 6.33 Å². The van der Waals surface area contributed by atoms with Crippen molar-refractivity contribution >= 4 is 11.6 Å². The lowest BCUT2D eigenvalue weighted by Crippen LogP contribution is -2.07. The van der Waals surface area contributed by atoms with Gasteiger partial charge in [-0.25, -0.2) is 14.6 Å². The molecular weight excluding hydrogens is 228 g/mol. The number of aryl methyl sites for hydroxylation is 1. The number of hydrogen-bond donors (Lipinski definition) is 0. The van der Waals surface area contributed by atoms with Crippen molar-refractivity contribution in [3.63, 3.8) is 0 Å². The summed E-state index contributed by atoms with van der Waals surface area (Å²) in [7, 11) is 0. The zero-order chi connectivity index (χ0) is 11.4. The first-order chi connectivity index (χ1) is 7.79. The van der Waals surface area contributed by atoms with Gasteiger partial charge in [0.15, 0.2) is 5.82 Å². The van der Waals surface area contributed by atoms with Gasteiger partial charge < -0.3 is 4.74 Å². The summed E-state index contributed by atoms with van der Waals surface area (Å²) in [5.41, 5.74) is 0. The van der Waals surface area contributed by atoms with Crippen LogP contribution in [0.25, 0.3) is 0 Å². The Labute approximate surface area is 98.0 Å². The second-order valence-electron chi connectivity index (χ2n) is 3.10. The van der Waals surface area contributed by atoms with Crippen LogP contribution in [0.5, 0.6) is 5.75 Å². The average molecular weight is 239 g/mol. The molecule has 5 nitrogen and oxygen atoms in total. The van der Waals surface area contributed by atoms with Gasteiger partial charge in [-0.1, -0.05) is 11.6 Å². The monoisotopic (exact) mass is 238 g/mol. The minimum atomic E-state index is 0.372. The Hall–Kier alpha value is -1.62. The lowest BCUT2D eigenvalue weighted by Gasteiger charge is -2.05. The van der Waals surface area contributed by atoms with Gasteiger partial charge in [-0.2, -0.15) is 5.10 Å². The van der Waals surface area contributed by atoms with E-state index in [0.717, 1.165) is 12.4 Å². The van der Waals surface area contributed by atoms with E-state index in [9.17, 15) is 0 Å². The highest BCUT2D eigenvalue weighted by Gasteiger charge is 2.03. The molecule has 2 heterocycles. The van der Waals surface area contributed by atoms with Crippen LogP contribution in [0.1, 0.15) is 12.7 Å². The predicted octanol–water partition coefficient (Wildman–Crippen LogP) is 1.93. The van der Waals surface area contributed by atoms with E-state index >= 15 is 0 Å². The van der Waals surface area contributed by atoms with Gasteiger partial charge in [0.05, 0.1) is 6.20 Å². The largest absolute Gasteiger partial charge is 0.484 e. The highest BCUT2D eigenvalue weighted by molar-refractivity contribution is 6.29. The number of ether oxygens (including phenoxy) is 1. The van der Waals surface area contributed by atoms with Gasteiger partial charge in [0.25, 0.3) is 0 Å². The summed E-state index contributed by atoms with van der Waals surface area (Å²) in [4.78, 5) is 8.02. The number of rotatable bonds is 4. The number of pyridine rings is 1. The summed E-state index contributed by atoms with van der Waals surface area (Å²) in [5.74, 6) is 1.45. The quantitative estimate of drug-likeness (QED) is 0.764. The zero-order valence-electron chi connectivity index (χ0n) is 8.80. The first kappa shape index (κ1) is 10.9. The average Bonchev–Trinajstić information content (AvgIpc) is 2.76. The summed E-state index contributed by atoms with van der Waals surface area (Å²) < 4.78 is 7.28. The standard InChI is InChI=1S/C10H11ClN4O/c1-2-15-10(13-7-14-15)6-16-8-3-4-9(11)12-5-8/h3-5,7H,2,6H2,1H3. The third-order valence-electron chi connectivity index (χ3n) is 2.06. The lowest BCUT2D eigenvalue weighted by molar-refractivity contribution is 0.286. The third kappa shape index (κ3) is 2.49. The summed E-state index contributed by atoms with van der Waals surface area (Å²) in [6, 6.07) is 3.45. The fourth-order valence-corrected chi connectivity index (χ4v) is 1.37. The van der Waals surface area contributed by atoms with Gasteiger partial charge in [-0.05, 0) is 19.1 Å². The van der Waals surface area contributed by atoms with E-state index in [2.05, 4.69) is 15.1 Å². The van der Waals surface area contributed by atoms with E-state index in [1.807, 2.05) is 6.92 Å². The number of aromatic nitrogens is 4. The highest BCUT2D eigenvalue weighted by atomic mass is 35.5. The van der Waals surface area contributed by atoms with Crippen LogP contribution in [0, 0.1) is 0 Å². The first-order valence-corrected chi connectivity index (χ1v) is 5.28. The van der Waals surface area contributed by atoms with Crippen LogP contribution in [0.2, 0.25) is 5.15 Å². The molecule has 0 saturated carbocycles. The predicted molar refractivity (Wildman–Crippen MR) is 59.3 cm³/mol. The van der Waals surface area contributed by atoms with Gasteiger partial charge in [-0.3, -0.25) is 0 Å². The summed E-state index contributed by atoms with van der Waals surface area (Å²) in [6.07, 6.45) is 3.09. The minimum absolute atomic E-state index is 0.372. The molecule has 16 heavy (non-hydrogen) atoms. The molecule has 0 amide bonds. The number of hydrogen-bond acceptors (Lipinski definition) is 4. The van der Waals surface area contributed by atoms with Gasteiger partial charge in [0.2, 0.25) is 0 Å². The molecule has 0 aromatic carbocycles. The molecule has 0 fully saturated rings. The molecule has 0 unspecified atom stereocenters. The van der Waals surface area contributed by atoms with Crippen molar-refractivity contribution < 1.29 is 4.74 Å². The first-order valence-electron chi connectivity index (χ1n) is 4.90. The molecule has 0 spiro atoms. The van der Waals surface area contributed by atoms with Crippen molar-refractivity contribution in [2.24, 2.45) is 0 Å². The highest BCUT2D eigenvalue weighted by Crippen LogP contribution is 2.13. The Balaban J connectivity index is 1.99. The molecule has 0 aliphatic rings. The molecule has 0 radical (unpaired) electrons. The fourth-order valence-electron chi connectivity index (χ4n) is 1.26. The Bertz CT molecular complexity index is 454. The molecule has 0 N–H and O–H groups in total. The lowest BCUT2D eigenvalue weighted by atomic mass is 10.4. The van der Waals surface area contributed by atoms with Crippen molar-refractivity contribution in [1.29, 1.82) is 0 Å². The molecule has 0 aliphatic heterocycles. The third-order valence-corrected chi connectivity index (χ3v) is 2.29. The van der Waals surface area contributed by atoms with Crippen molar-refractivity contribution in [3.8, 4) is 5.75 Å². The molecule has 0 aliphatic carbocycles. The van der Waals surface area contributed by atoms with Gasteiger partial charge in [0.1, 0.15) is 23.8 Å². The van der Waals surface area contributed by atoms with Crippen LogP contribution in [0.3, 0.4) is 0 Å². The van der Waals surface area contributed by atoms with Gasteiger partial charge in [-0.15, -0.1) is 0 Å².